The number of rotatable bonds is 6. The third kappa shape index (κ3) is 5.84. The number of hydrogen-bond donors (Lipinski definition) is 2. The number of nitrogens with one attached hydrogen (secondary N) is 1. The highest BCUT2D eigenvalue weighted by Crippen LogP contribution is 2.05. The lowest BCUT2D eigenvalue weighted by Gasteiger charge is -2.09. The van der Waals surface area contributed by atoms with Crippen LogP contribution in [0.3, 0.4) is 0 Å². The molecular weight excluding hydrogens is 240 g/mol. The first kappa shape index (κ1) is 14.9. The Bertz CT molecular complexity index is 472. The standard InChI is InChI=1S/C15H18N2O2/c1-12(8-9-18)11-17-15(19)7-6-13-2-4-14(10-16)5-3-13/h2-7,12,18H,8-9,11H2,1H3,(H,17,19). The van der Waals surface area contributed by atoms with Crippen LogP contribution < -0.4 is 5.32 Å². The van der Waals surface area contributed by atoms with Crippen molar-refractivity contribution in [3.05, 3.63) is 41.5 Å². The Morgan fingerprint density at radius 2 is 2.16 bits per heavy atom. The summed E-state index contributed by atoms with van der Waals surface area (Å²) in [5, 5.41) is 20.2. The zero-order valence-corrected chi connectivity index (χ0v) is 11.0. The van der Waals surface area contributed by atoms with Gasteiger partial charge < -0.3 is 10.4 Å². The average molecular weight is 258 g/mol. The lowest BCUT2D eigenvalue weighted by atomic mass is 10.1. The predicted molar refractivity (Wildman–Crippen MR) is 74.1 cm³/mol. The van der Waals surface area contributed by atoms with Gasteiger partial charge >= 0.3 is 0 Å². The van der Waals surface area contributed by atoms with Crippen molar-refractivity contribution in [3.8, 4) is 6.07 Å². The molecule has 1 amide bonds. The van der Waals surface area contributed by atoms with E-state index >= 15 is 0 Å². The molecule has 19 heavy (non-hydrogen) atoms. The van der Waals surface area contributed by atoms with Gasteiger partial charge in [-0.2, -0.15) is 5.26 Å². The van der Waals surface area contributed by atoms with Crippen molar-refractivity contribution in [1.29, 1.82) is 5.26 Å². The molecule has 100 valence electrons. The molecule has 0 aliphatic carbocycles. The predicted octanol–water partition coefficient (Wildman–Crippen LogP) is 1.71. The first-order valence-electron chi connectivity index (χ1n) is 6.22. The fourth-order valence-corrected chi connectivity index (χ4v) is 1.50. The minimum absolute atomic E-state index is 0.137. The summed E-state index contributed by atoms with van der Waals surface area (Å²) in [6.45, 7) is 2.66. The van der Waals surface area contributed by atoms with Crippen molar-refractivity contribution >= 4 is 12.0 Å². The Morgan fingerprint density at radius 3 is 2.74 bits per heavy atom. The molecule has 1 aromatic rings. The van der Waals surface area contributed by atoms with Crippen molar-refractivity contribution in [2.24, 2.45) is 5.92 Å². The fourth-order valence-electron chi connectivity index (χ4n) is 1.50. The summed E-state index contributed by atoms with van der Waals surface area (Å²) in [4.78, 5) is 11.5. The summed E-state index contributed by atoms with van der Waals surface area (Å²) in [6.07, 6.45) is 3.85. The lowest BCUT2D eigenvalue weighted by Crippen LogP contribution is -2.26. The SMILES string of the molecule is CC(CCO)CNC(=O)C=Cc1ccc(C#N)cc1. The van der Waals surface area contributed by atoms with Crippen LogP contribution in [0.15, 0.2) is 30.3 Å². The molecule has 4 heteroatoms. The zero-order valence-electron chi connectivity index (χ0n) is 11.0. The van der Waals surface area contributed by atoms with Crippen LogP contribution in [0.4, 0.5) is 0 Å². The quantitative estimate of drug-likeness (QED) is 0.763. The molecule has 4 nitrogen and oxygen atoms in total. The van der Waals surface area contributed by atoms with E-state index in [-0.39, 0.29) is 18.4 Å². The third-order valence-electron chi connectivity index (χ3n) is 2.71. The van der Waals surface area contributed by atoms with Crippen LogP contribution >= 0.6 is 0 Å². The Balaban J connectivity index is 2.43. The normalized spacial score (nSPS) is 12.1. The Hall–Kier alpha value is -2.12. The van der Waals surface area contributed by atoms with E-state index in [1.807, 2.05) is 13.0 Å². The maximum absolute atomic E-state index is 11.5. The van der Waals surface area contributed by atoms with Gasteiger partial charge in [-0.1, -0.05) is 19.1 Å². The summed E-state index contributed by atoms with van der Waals surface area (Å²) in [5.74, 6) is 0.103. The van der Waals surface area contributed by atoms with E-state index in [1.165, 1.54) is 6.08 Å². The summed E-state index contributed by atoms with van der Waals surface area (Å²) in [5.41, 5.74) is 1.47. The first-order chi connectivity index (χ1) is 9.15. The van der Waals surface area contributed by atoms with E-state index < -0.39 is 0 Å². The van der Waals surface area contributed by atoms with Crippen LogP contribution in [-0.2, 0) is 4.79 Å². The van der Waals surface area contributed by atoms with Crippen molar-refractivity contribution in [2.75, 3.05) is 13.2 Å². The number of carbonyl (C=O) groups is 1. The second-order valence-corrected chi connectivity index (χ2v) is 4.43. The van der Waals surface area contributed by atoms with Gasteiger partial charge in [0.1, 0.15) is 0 Å². The maximum atomic E-state index is 11.5. The van der Waals surface area contributed by atoms with Crippen LogP contribution in [0.5, 0.6) is 0 Å². The van der Waals surface area contributed by atoms with Gasteiger partial charge in [0.2, 0.25) is 5.91 Å². The Labute approximate surface area is 113 Å². The number of aliphatic hydroxyl groups is 1. The molecule has 0 heterocycles. The monoisotopic (exact) mass is 258 g/mol. The number of nitrogens with zero attached hydrogens (tertiary/aromatic N) is 1. The molecule has 0 fully saturated rings. The molecule has 1 unspecified atom stereocenters. The average Bonchev–Trinajstić information content (AvgIpc) is 2.44. The van der Waals surface area contributed by atoms with Gasteiger partial charge in [0, 0.05) is 19.2 Å². The Kier molecular flexibility index (Phi) is 6.34. The van der Waals surface area contributed by atoms with E-state index in [0.717, 1.165) is 5.56 Å². The number of hydrogen-bond acceptors (Lipinski definition) is 3. The minimum Gasteiger partial charge on any atom is -0.396 e. The number of amides is 1. The summed E-state index contributed by atoms with van der Waals surface area (Å²) in [6, 6.07) is 9.04. The van der Waals surface area contributed by atoms with Gasteiger partial charge in [0.05, 0.1) is 11.6 Å². The lowest BCUT2D eigenvalue weighted by molar-refractivity contribution is -0.116. The van der Waals surface area contributed by atoms with Crippen molar-refractivity contribution in [2.45, 2.75) is 13.3 Å². The van der Waals surface area contributed by atoms with Crippen molar-refractivity contribution in [1.82, 2.24) is 5.32 Å². The first-order valence-corrected chi connectivity index (χ1v) is 6.22. The van der Waals surface area contributed by atoms with Crippen molar-refractivity contribution in [3.63, 3.8) is 0 Å². The highest BCUT2D eigenvalue weighted by atomic mass is 16.3. The maximum Gasteiger partial charge on any atom is 0.244 e. The van der Waals surface area contributed by atoms with E-state index in [2.05, 4.69) is 5.32 Å². The third-order valence-corrected chi connectivity index (χ3v) is 2.71. The number of benzene rings is 1. The van der Waals surface area contributed by atoms with Gasteiger partial charge in [-0.15, -0.1) is 0 Å². The molecule has 2 N–H and O–H groups in total. The van der Waals surface area contributed by atoms with Gasteiger partial charge in [0.25, 0.3) is 0 Å². The van der Waals surface area contributed by atoms with E-state index in [4.69, 9.17) is 10.4 Å². The van der Waals surface area contributed by atoms with E-state index in [9.17, 15) is 4.79 Å². The molecule has 0 bridgehead atoms. The number of carbonyl (C=O) groups excluding carboxylic acids is 1. The molecule has 0 saturated carbocycles. The highest BCUT2D eigenvalue weighted by molar-refractivity contribution is 5.91. The number of nitriles is 1. The van der Waals surface area contributed by atoms with Crippen LogP contribution in [0.2, 0.25) is 0 Å². The summed E-state index contributed by atoms with van der Waals surface area (Å²) in [7, 11) is 0. The summed E-state index contributed by atoms with van der Waals surface area (Å²) >= 11 is 0. The smallest absolute Gasteiger partial charge is 0.244 e. The largest absolute Gasteiger partial charge is 0.396 e. The second-order valence-electron chi connectivity index (χ2n) is 4.43. The topological polar surface area (TPSA) is 73.1 Å². The van der Waals surface area contributed by atoms with Crippen LogP contribution in [0.25, 0.3) is 6.08 Å². The Morgan fingerprint density at radius 1 is 1.47 bits per heavy atom. The minimum atomic E-state index is -0.158. The molecule has 0 aliphatic heterocycles. The van der Waals surface area contributed by atoms with Gasteiger partial charge in [-0.25, -0.2) is 0 Å². The van der Waals surface area contributed by atoms with Crippen LogP contribution in [0.1, 0.15) is 24.5 Å². The van der Waals surface area contributed by atoms with Gasteiger partial charge in [-0.3, -0.25) is 4.79 Å². The molecule has 0 radical (unpaired) electrons. The summed E-state index contributed by atoms with van der Waals surface area (Å²) < 4.78 is 0. The molecule has 0 spiro atoms. The fraction of sp³-hybridized carbons (Fsp3) is 0.333. The molecule has 1 rings (SSSR count). The molecule has 0 saturated heterocycles. The molecule has 0 aliphatic rings. The van der Waals surface area contributed by atoms with Crippen LogP contribution in [-0.4, -0.2) is 24.2 Å². The molecule has 1 atom stereocenters. The van der Waals surface area contributed by atoms with Crippen LogP contribution in [0, 0.1) is 17.2 Å². The van der Waals surface area contributed by atoms with E-state index in [1.54, 1.807) is 30.3 Å². The second kappa shape index (κ2) is 8.06. The molecular formula is C15H18N2O2. The zero-order chi connectivity index (χ0) is 14.1. The number of aliphatic hydroxyl groups excluding tert-OH is 1. The molecule has 0 aromatic heterocycles. The molecule has 1 aromatic carbocycles. The van der Waals surface area contributed by atoms with Crippen molar-refractivity contribution < 1.29 is 9.90 Å². The van der Waals surface area contributed by atoms with Gasteiger partial charge in [-0.05, 0) is 36.1 Å². The van der Waals surface area contributed by atoms with Gasteiger partial charge in [0.15, 0.2) is 0 Å². The highest BCUT2D eigenvalue weighted by Gasteiger charge is 2.02. The van der Waals surface area contributed by atoms with E-state index in [0.29, 0.717) is 18.5 Å².